The molecule has 2 heterocycles. The SMILES string of the molecule is O=C(c1ccccc1)c1ccc(C(OC(c2ccc(C(=O)c3ccccc3)cc2)C2CO2)C2CO2)cc1. The fourth-order valence-corrected chi connectivity index (χ4v) is 4.54. The van der Waals surface area contributed by atoms with Crippen LogP contribution < -0.4 is 0 Å². The van der Waals surface area contributed by atoms with E-state index < -0.39 is 0 Å². The molecular weight excluding hydrogens is 464 g/mol. The monoisotopic (exact) mass is 490 g/mol. The lowest BCUT2D eigenvalue weighted by atomic mass is 9.98. The number of carbonyl (C=O) groups is 2. The molecule has 2 saturated heterocycles. The Morgan fingerprint density at radius 3 is 1.19 bits per heavy atom. The number of epoxide rings is 2. The largest absolute Gasteiger partial charge is 0.370 e. The third-order valence-corrected chi connectivity index (χ3v) is 6.76. The van der Waals surface area contributed by atoms with Crippen LogP contribution in [0.1, 0.15) is 55.2 Å². The van der Waals surface area contributed by atoms with E-state index in [-0.39, 0.29) is 36.0 Å². The first-order chi connectivity index (χ1) is 18.2. The molecule has 0 spiro atoms. The van der Waals surface area contributed by atoms with Gasteiger partial charge in [0.05, 0.1) is 13.2 Å². The van der Waals surface area contributed by atoms with Crippen molar-refractivity contribution in [2.24, 2.45) is 0 Å². The molecule has 0 amide bonds. The van der Waals surface area contributed by atoms with Gasteiger partial charge in [0.25, 0.3) is 0 Å². The summed E-state index contributed by atoms with van der Waals surface area (Å²) in [5, 5.41) is 0. The molecular formula is C32H26O5. The molecule has 4 aromatic rings. The van der Waals surface area contributed by atoms with Crippen molar-refractivity contribution < 1.29 is 23.8 Å². The van der Waals surface area contributed by atoms with Crippen LogP contribution in [0, 0.1) is 0 Å². The van der Waals surface area contributed by atoms with Crippen molar-refractivity contribution >= 4 is 11.6 Å². The summed E-state index contributed by atoms with van der Waals surface area (Å²) >= 11 is 0. The van der Waals surface area contributed by atoms with Gasteiger partial charge >= 0.3 is 0 Å². The van der Waals surface area contributed by atoms with Gasteiger partial charge in [-0.2, -0.15) is 0 Å². The summed E-state index contributed by atoms with van der Waals surface area (Å²) in [5.41, 5.74) is 4.49. The second kappa shape index (κ2) is 10.2. The number of carbonyl (C=O) groups excluding carboxylic acids is 2. The van der Waals surface area contributed by atoms with Crippen LogP contribution in [0.5, 0.6) is 0 Å². The summed E-state index contributed by atoms with van der Waals surface area (Å²) in [6.07, 6.45) is -0.673. The summed E-state index contributed by atoms with van der Waals surface area (Å²) in [6.45, 7) is 1.25. The molecule has 4 aromatic carbocycles. The number of benzene rings is 4. The van der Waals surface area contributed by atoms with Crippen LogP contribution in [0.4, 0.5) is 0 Å². The Morgan fingerprint density at radius 2 is 0.865 bits per heavy atom. The maximum absolute atomic E-state index is 12.8. The first kappa shape index (κ1) is 23.5. The van der Waals surface area contributed by atoms with Gasteiger partial charge in [0.15, 0.2) is 11.6 Å². The van der Waals surface area contributed by atoms with Crippen LogP contribution in [0.15, 0.2) is 109 Å². The molecule has 37 heavy (non-hydrogen) atoms. The Balaban J connectivity index is 1.20. The summed E-state index contributed by atoms with van der Waals surface area (Å²) in [4.78, 5) is 25.6. The van der Waals surface area contributed by atoms with Gasteiger partial charge in [-0.05, 0) is 11.1 Å². The van der Waals surface area contributed by atoms with Crippen LogP contribution in [-0.4, -0.2) is 37.0 Å². The molecule has 5 heteroatoms. The molecule has 6 rings (SSSR count). The van der Waals surface area contributed by atoms with Crippen LogP contribution in [0.2, 0.25) is 0 Å². The lowest BCUT2D eigenvalue weighted by Gasteiger charge is -2.24. The van der Waals surface area contributed by atoms with Crippen LogP contribution in [0.3, 0.4) is 0 Å². The van der Waals surface area contributed by atoms with Crippen molar-refractivity contribution in [1.29, 1.82) is 0 Å². The minimum atomic E-state index is -0.291. The summed E-state index contributed by atoms with van der Waals surface area (Å²) < 4.78 is 17.9. The summed E-state index contributed by atoms with van der Waals surface area (Å²) in [7, 11) is 0. The van der Waals surface area contributed by atoms with E-state index in [2.05, 4.69) is 0 Å². The molecule has 0 aliphatic carbocycles. The second-order valence-electron chi connectivity index (χ2n) is 9.36. The normalized spacial score (nSPS) is 19.6. The zero-order valence-electron chi connectivity index (χ0n) is 20.2. The van der Waals surface area contributed by atoms with Crippen molar-refractivity contribution in [2.75, 3.05) is 13.2 Å². The van der Waals surface area contributed by atoms with E-state index in [1.165, 1.54) is 0 Å². The Bertz CT molecular complexity index is 1260. The Labute approximate surface area is 215 Å². The van der Waals surface area contributed by atoms with Gasteiger partial charge in [0.1, 0.15) is 24.4 Å². The zero-order valence-corrected chi connectivity index (χ0v) is 20.2. The highest BCUT2D eigenvalue weighted by atomic mass is 16.6. The number of ether oxygens (including phenoxy) is 3. The molecule has 2 aliphatic rings. The molecule has 2 aliphatic heterocycles. The Kier molecular flexibility index (Phi) is 6.49. The van der Waals surface area contributed by atoms with Gasteiger partial charge in [-0.25, -0.2) is 0 Å². The van der Waals surface area contributed by atoms with Crippen LogP contribution in [0.25, 0.3) is 0 Å². The minimum absolute atomic E-state index is 0.0123. The van der Waals surface area contributed by atoms with Gasteiger partial charge in [-0.1, -0.05) is 109 Å². The fourth-order valence-electron chi connectivity index (χ4n) is 4.54. The van der Waals surface area contributed by atoms with Crippen molar-refractivity contribution in [3.8, 4) is 0 Å². The molecule has 5 nitrogen and oxygen atoms in total. The Hall–Kier alpha value is -3.90. The second-order valence-corrected chi connectivity index (χ2v) is 9.36. The lowest BCUT2D eigenvalue weighted by molar-refractivity contribution is -0.0419. The molecule has 4 unspecified atom stereocenters. The number of ketones is 2. The predicted molar refractivity (Wildman–Crippen MR) is 139 cm³/mol. The zero-order chi connectivity index (χ0) is 25.2. The van der Waals surface area contributed by atoms with Crippen molar-refractivity contribution in [1.82, 2.24) is 0 Å². The topological polar surface area (TPSA) is 68.4 Å². The lowest BCUT2D eigenvalue weighted by Crippen LogP contribution is -2.19. The number of rotatable bonds is 10. The fraction of sp³-hybridized carbons (Fsp3) is 0.188. The molecule has 2 fully saturated rings. The van der Waals surface area contributed by atoms with Crippen LogP contribution >= 0.6 is 0 Å². The third-order valence-electron chi connectivity index (χ3n) is 6.76. The minimum Gasteiger partial charge on any atom is -0.370 e. The van der Waals surface area contributed by atoms with E-state index >= 15 is 0 Å². The smallest absolute Gasteiger partial charge is 0.193 e. The molecule has 4 atom stereocenters. The van der Waals surface area contributed by atoms with Gasteiger partial charge < -0.3 is 14.2 Å². The van der Waals surface area contributed by atoms with Crippen molar-refractivity contribution in [3.05, 3.63) is 143 Å². The van der Waals surface area contributed by atoms with Gasteiger partial charge in [-0.3, -0.25) is 9.59 Å². The maximum Gasteiger partial charge on any atom is 0.193 e. The van der Waals surface area contributed by atoms with Gasteiger partial charge in [-0.15, -0.1) is 0 Å². The highest BCUT2D eigenvalue weighted by molar-refractivity contribution is 6.09. The molecule has 0 N–H and O–H groups in total. The van der Waals surface area contributed by atoms with Gasteiger partial charge in [0.2, 0.25) is 0 Å². The molecule has 0 saturated carbocycles. The number of hydrogen-bond acceptors (Lipinski definition) is 5. The molecule has 184 valence electrons. The van der Waals surface area contributed by atoms with E-state index in [4.69, 9.17) is 14.2 Å². The highest BCUT2D eigenvalue weighted by Gasteiger charge is 2.42. The van der Waals surface area contributed by atoms with Crippen LogP contribution in [-0.2, 0) is 14.2 Å². The average Bonchev–Trinajstić information content (AvgIpc) is 3.89. The van der Waals surface area contributed by atoms with E-state index in [1.807, 2.05) is 109 Å². The predicted octanol–water partition coefficient (Wildman–Crippen LogP) is 5.75. The summed E-state index contributed by atoms with van der Waals surface area (Å²) in [6, 6.07) is 33.6. The number of hydrogen-bond donors (Lipinski definition) is 0. The van der Waals surface area contributed by atoms with E-state index in [1.54, 1.807) is 0 Å². The summed E-state index contributed by atoms with van der Waals surface area (Å²) in [5.74, 6) is -0.0247. The van der Waals surface area contributed by atoms with Crippen molar-refractivity contribution in [2.45, 2.75) is 24.4 Å². The first-order valence-electron chi connectivity index (χ1n) is 12.5. The first-order valence-corrected chi connectivity index (χ1v) is 12.5. The average molecular weight is 491 g/mol. The van der Waals surface area contributed by atoms with E-state index in [0.717, 1.165) is 11.1 Å². The molecule has 0 aromatic heterocycles. The highest BCUT2D eigenvalue weighted by Crippen LogP contribution is 2.40. The van der Waals surface area contributed by atoms with Crippen molar-refractivity contribution in [3.63, 3.8) is 0 Å². The van der Waals surface area contributed by atoms with E-state index in [0.29, 0.717) is 35.5 Å². The standard InChI is InChI=1S/C32H26O5/c33-29(21-7-3-1-4-8-21)23-11-15-25(16-12-23)31(27-19-35-27)37-32(28-20-36-28)26-17-13-24(14-18-26)30(34)22-9-5-2-6-10-22/h1-18,27-28,31-32H,19-20H2. The molecule has 0 bridgehead atoms. The third kappa shape index (κ3) is 5.30. The Morgan fingerprint density at radius 1 is 0.541 bits per heavy atom. The molecule has 0 radical (unpaired) electrons. The van der Waals surface area contributed by atoms with E-state index in [9.17, 15) is 9.59 Å². The van der Waals surface area contributed by atoms with Gasteiger partial charge in [0, 0.05) is 22.3 Å². The quantitative estimate of drug-likeness (QED) is 0.209. The maximum atomic E-state index is 12.8.